The zero-order valence-electron chi connectivity index (χ0n) is 25.6. The summed E-state index contributed by atoms with van der Waals surface area (Å²) in [7, 11) is 0. The first-order valence-corrected chi connectivity index (χ1v) is 16.3. The maximum Gasteiger partial charge on any atom is 0.353 e. The number of β-lactam (4-membered cyclic amide) rings is 1. The third-order valence-electron chi connectivity index (χ3n) is 9.17. The van der Waals surface area contributed by atoms with Crippen molar-refractivity contribution in [3.05, 3.63) is 46.8 Å². The number of amides is 3. The lowest BCUT2D eigenvalue weighted by Crippen LogP contribution is -2.62. The largest absolute Gasteiger partial charge is 0.477 e. The molecular weight excluding hydrogens is 614 g/mol. The lowest BCUT2D eigenvalue weighted by Gasteiger charge is -2.47. The van der Waals surface area contributed by atoms with Gasteiger partial charge in [-0.25, -0.2) is 9.48 Å². The quantitative estimate of drug-likeness (QED) is 0.242. The number of thioether (sulfide) groups is 1. The summed E-state index contributed by atoms with van der Waals surface area (Å²) in [5, 5.41) is 30.2. The number of tetrazole rings is 1. The minimum atomic E-state index is -1.17. The van der Waals surface area contributed by atoms with Crippen LogP contribution < -0.4 is 16.0 Å². The zero-order valence-corrected chi connectivity index (χ0v) is 26.4. The molecule has 1 aromatic heterocycles. The summed E-state index contributed by atoms with van der Waals surface area (Å²) >= 11 is 1.40. The Morgan fingerprint density at radius 2 is 1.98 bits per heavy atom. The second-order valence-electron chi connectivity index (χ2n) is 12.3. The van der Waals surface area contributed by atoms with Crippen LogP contribution in [0.25, 0.3) is 0 Å². The van der Waals surface area contributed by atoms with E-state index in [9.17, 15) is 29.1 Å². The summed E-state index contributed by atoms with van der Waals surface area (Å²) in [5.41, 5.74) is 1.04. The van der Waals surface area contributed by atoms with Gasteiger partial charge in [0.2, 0.25) is 11.8 Å². The number of anilines is 1. The molecule has 5 heterocycles. The van der Waals surface area contributed by atoms with E-state index in [1.807, 2.05) is 13.8 Å². The summed E-state index contributed by atoms with van der Waals surface area (Å²) in [4.78, 5) is 68.2. The molecule has 4 aliphatic rings. The Bertz CT molecular complexity index is 1560. The first kappa shape index (κ1) is 31.8. The number of rotatable bonds is 11. The maximum atomic E-state index is 13.3. The average molecular weight is 652 g/mol. The Hall–Kier alpha value is -4.15. The van der Waals surface area contributed by atoms with E-state index in [4.69, 9.17) is 0 Å². The summed E-state index contributed by atoms with van der Waals surface area (Å²) in [5.74, 6) is -2.87. The molecule has 4 aliphatic heterocycles. The molecule has 1 aromatic carbocycles. The fourth-order valence-corrected chi connectivity index (χ4v) is 8.41. The van der Waals surface area contributed by atoms with Crippen molar-refractivity contribution in [2.75, 3.05) is 38.0 Å². The molecule has 0 saturated carbocycles. The van der Waals surface area contributed by atoms with Gasteiger partial charge in [-0.05, 0) is 41.0 Å². The van der Waals surface area contributed by atoms with Crippen LogP contribution >= 0.6 is 11.8 Å². The third-order valence-corrected chi connectivity index (χ3v) is 10.7. The highest BCUT2D eigenvalue weighted by molar-refractivity contribution is 8.03. The molecule has 46 heavy (non-hydrogen) atoms. The van der Waals surface area contributed by atoms with Gasteiger partial charge in [0.15, 0.2) is 5.78 Å². The number of carbonyl (C=O) groups is 5. The number of nitrogens with one attached hydrogen (secondary N) is 3. The van der Waals surface area contributed by atoms with Gasteiger partial charge in [-0.15, -0.1) is 16.9 Å². The molecule has 3 saturated heterocycles. The number of aliphatic carboxylic acids is 1. The Kier molecular flexibility index (Phi) is 9.20. The number of carboxylic acid groups (broad SMARTS) is 1. The van der Waals surface area contributed by atoms with Crippen LogP contribution in [0.1, 0.15) is 37.0 Å². The Labute approximate surface area is 269 Å². The van der Waals surface area contributed by atoms with Gasteiger partial charge in [-0.1, -0.05) is 19.9 Å². The van der Waals surface area contributed by atoms with E-state index in [2.05, 4.69) is 31.5 Å². The fraction of sp³-hybridized carbons (Fsp3) is 0.533. The van der Waals surface area contributed by atoms with Crippen LogP contribution in [-0.4, -0.2) is 115 Å². The van der Waals surface area contributed by atoms with E-state index in [0.29, 0.717) is 42.2 Å². The topological polar surface area (TPSA) is 192 Å². The molecule has 0 spiro atoms. The maximum absolute atomic E-state index is 13.3. The molecule has 4 N–H and O–H groups in total. The van der Waals surface area contributed by atoms with Crippen molar-refractivity contribution in [1.82, 2.24) is 40.6 Å². The number of ketones is 1. The smallest absolute Gasteiger partial charge is 0.353 e. The molecule has 244 valence electrons. The van der Waals surface area contributed by atoms with Crippen LogP contribution in [0.2, 0.25) is 0 Å². The van der Waals surface area contributed by atoms with Crippen molar-refractivity contribution >= 4 is 46.9 Å². The van der Waals surface area contributed by atoms with Gasteiger partial charge in [-0.2, -0.15) is 0 Å². The predicted octanol–water partition coefficient (Wildman–Crippen LogP) is 0.189. The van der Waals surface area contributed by atoms with Gasteiger partial charge in [0.1, 0.15) is 18.6 Å². The van der Waals surface area contributed by atoms with Crippen molar-refractivity contribution in [3.8, 4) is 0 Å². The average Bonchev–Trinajstić information content (AvgIpc) is 3.77. The van der Waals surface area contributed by atoms with Gasteiger partial charge in [-0.3, -0.25) is 19.2 Å². The van der Waals surface area contributed by atoms with Crippen LogP contribution in [0, 0.1) is 17.8 Å². The van der Waals surface area contributed by atoms with Gasteiger partial charge in [0.05, 0.1) is 18.0 Å². The Morgan fingerprint density at radius 1 is 1.20 bits per heavy atom. The lowest BCUT2D eigenvalue weighted by molar-refractivity contribution is -0.160. The van der Waals surface area contributed by atoms with E-state index >= 15 is 0 Å². The molecule has 3 amide bonds. The molecule has 3 fully saturated rings. The van der Waals surface area contributed by atoms with Crippen LogP contribution in [-0.2, 0) is 25.7 Å². The number of nitrogens with zero attached hydrogens (tertiary/aromatic N) is 6. The van der Waals surface area contributed by atoms with Crippen LogP contribution in [0.15, 0.2) is 41.2 Å². The molecule has 2 aromatic rings. The number of hydrogen-bond donors (Lipinski definition) is 4. The van der Waals surface area contributed by atoms with Crippen molar-refractivity contribution in [2.45, 2.75) is 50.6 Å². The fourth-order valence-electron chi connectivity index (χ4n) is 6.93. The first-order valence-electron chi connectivity index (χ1n) is 15.5. The molecular formula is C30H37N9O6S. The van der Waals surface area contributed by atoms with Gasteiger partial charge >= 0.3 is 5.97 Å². The highest BCUT2D eigenvalue weighted by atomic mass is 32.2. The van der Waals surface area contributed by atoms with Gasteiger partial charge < -0.3 is 30.9 Å². The van der Waals surface area contributed by atoms with Crippen LogP contribution in [0.3, 0.4) is 0 Å². The minimum absolute atomic E-state index is 0.00478. The Balaban J connectivity index is 1.06. The molecule has 0 bridgehead atoms. The molecule has 0 radical (unpaired) electrons. The van der Waals surface area contributed by atoms with Gasteiger partial charge in [0.25, 0.3) is 5.91 Å². The number of fused-ring (bicyclic) bond motifs is 1. The number of hydrogen-bond acceptors (Lipinski definition) is 11. The van der Waals surface area contributed by atoms with Crippen molar-refractivity contribution in [3.63, 3.8) is 0 Å². The summed E-state index contributed by atoms with van der Waals surface area (Å²) < 4.78 is 1.33. The molecule has 6 rings (SSSR count). The number of aromatic nitrogens is 4. The number of piperazine rings is 1. The first-order chi connectivity index (χ1) is 22.1. The molecule has 15 nitrogen and oxygen atoms in total. The lowest BCUT2D eigenvalue weighted by atomic mass is 9.73. The van der Waals surface area contributed by atoms with Gasteiger partial charge in [0, 0.05) is 66.5 Å². The predicted molar refractivity (Wildman–Crippen MR) is 166 cm³/mol. The van der Waals surface area contributed by atoms with Crippen LogP contribution in [0.4, 0.5) is 5.69 Å². The summed E-state index contributed by atoms with van der Waals surface area (Å²) in [6.07, 6.45) is 1.96. The SMILES string of the molecule is C[C@@H](CC(=O)Cn1cnnn1)[C@H]1C(=O)N2C(C(=O)O)=C(S[C@@H]3CNC(C(=O)Nc4cccc(C(=O)N5CCNCC5)c4)C3)[C@H](C)[C@H]12. The van der Waals surface area contributed by atoms with Crippen molar-refractivity contribution in [2.24, 2.45) is 17.8 Å². The Morgan fingerprint density at radius 3 is 2.70 bits per heavy atom. The molecule has 1 unspecified atom stereocenters. The highest BCUT2D eigenvalue weighted by Gasteiger charge is 2.60. The minimum Gasteiger partial charge on any atom is -0.477 e. The summed E-state index contributed by atoms with van der Waals surface area (Å²) in [6.45, 7) is 7.02. The number of carboxylic acids is 1. The standard InChI is InChI=1S/C30H37N9O6S/c1-16(10-20(40)14-38-15-33-35-36-38)23-24-17(2)26(25(30(44)45)39(24)29(23)43)46-21-12-22(32-13-21)27(41)34-19-5-3-4-18(11-19)28(42)37-8-6-31-7-9-37/h3-5,11,15-17,21-24,31-32H,6-10,12-14H2,1-2H3,(H,34,41)(H,44,45)/t16-,17+,21-,22?,23+,24+/m0/s1. The zero-order chi connectivity index (χ0) is 32.5. The van der Waals surface area contributed by atoms with E-state index in [1.165, 1.54) is 27.7 Å². The van der Waals surface area contributed by atoms with E-state index in [0.717, 1.165) is 13.1 Å². The summed E-state index contributed by atoms with van der Waals surface area (Å²) in [6, 6.07) is 6.07. The van der Waals surface area contributed by atoms with E-state index < -0.39 is 17.9 Å². The normalized spacial score (nSPS) is 26.5. The van der Waals surface area contributed by atoms with Crippen molar-refractivity contribution < 1.29 is 29.1 Å². The molecule has 6 atom stereocenters. The number of Topliss-reactive ketones (excluding diaryl/α,β-unsaturated/α-hetero) is 1. The monoisotopic (exact) mass is 651 g/mol. The second kappa shape index (κ2) is 13.3. The highest BCUT2D eigenvalue weighted by Crippen LogP contribution is 2.53. The third kappa shape index (κ3) is 6.28. The molecule has 16 heteroatoms. The van der Waals surface area contributed by atoms with Crippen LogP contribution in [0.5, 0.6) is 0 Å². The number of benzene rings is 1. The van der Waals surface area contributed by atoms with E-state index in [-0.39, 0.29) is 65.3 Å². The van der Waals surface area contributed by atoms with E-state index in [1.54, 1.807) is 29.2 Å². The number of carbonyl (C=O) groups excluding carboxylic acids is 4. The molecule has 0 aliphatic carbocycles. The van der Waals surface area contributed by atoms with Crippen molar-refractivity contribution in [1.29, 1.82) is 0 Å². The second-order valence-corrected chi connectivity index (χ2v) is 13.6.